The Labute approximate surface area is 129 Å². The third kappa shape index (κ3) is 2.15. The highest BCUT2D eigenvalue weighted by molar-refractivity contribution is 5.91. The van der Waals surface area contributed by atoms with Gasteiger partial charge in [-0.15, -0.1) is 0 Å². The third-order valence-electron chi connectivity index (χ3n) is 3.56. The van der Waals surface area contributed by atoms with Crippen LogP contribution < -0.4 is 14.2 Å². The molecule has 0 radical (unpaired) electrons. The predicted molar refractivity (Wildman–Crippen MR) is 86.3 cm³/mol. The first kappa shape index (κ1) is 13.0. The van der Waals surface area contributed by atoms with Crippen molar-refractivity contribution < 1.29 is 14.2 Å². The van der Waals surface area contributed by atoms with Gasteiger partial charge in [0.25, 0.3) is 0 Å². The lowest BCUT2D eigenvalue weighted by Gasteiger charge is -2.22. The molecule has 0 bridgehead atoms. The van der Waals surface area contributed by atoms with Crippen LogP contribution in [0.4, 0.5) is 0 Å². The second-order valence-electron chi connectivity index (χ2n) is 5.59. The second kappa shape index (κ2) is 4.95. The molecule has 0 fully saturated rings. The summed E-state index contributed by atoms with van der Waals surface area (Å²) in [6, 6.07) is 17.8. The lowest BCUT2D eigenvalue weighted by atomic mass is 10.1. The summed E-state index contributed by atoms with van der Waals surface area (Å²) in [5.41, 5.74) is 0. The van der Waals surface area contributed by atoms with Crippen molar-refractivity contribution in [2.45, 2.75) is 20.0 Å². The molecular formula is C19H16O3. The molecular weight excluding hydrogens is 276 g/mol. The Morgan fingerprint density at radius 3 is 2.50 bits per heavy atom. The molecule has 3 aromatic carbocycles. The zero-order chi connectivity index (χ0) is 15.1. The molecule has 1 aliphatic rings. The molecule has 3 aromatic rings. The quantitative estimate of drug-likeness (QED) is 0.486. The topological polar surface area (TPSA) is 27.7 Å². The number of benzene rings is 3. The summed E-state index contributed by atoms with van der Waals surface area (Å²) >= 11 is 0. The van der Waals surface area contributed by atoms with E-state index in [-0.39, 0.29) is 6.10 Å². The first-order valence-corrected chi connectivity index (χ1v) is 7.39. The number of hydrogen-bond acceptors (Lipinski definition) is 3. The van der Waals surface area contributed by atoms with Gasteiger partial charge in [-0.3, -0.25) is 0 Å². The van der Waals surface area contributed by atoms with Crippen molar-refractivity contribution in [1.82, 2.24) is 0 Å². The number of fused-ring (bicyclic) bond motifs is 4. The monoisotopic (exact) mass is 292 g/mol. The van der Waals surface area contributed by atoms with Gasteiger partial charge < -0.3 is 14.2 Å². The van der Waals surface area contributed by atoms with Crippen molar-refractivity contribution >= 4 is 10.8 Å². The van der Waals surface area contributed by atoms with E-state index < -0.39 is 0 Å². The molecule has 0 spiro atoms. The van der Waals surface area contributed by atoms with Crippen LogP contribution in [0.3, 0.4) is 0 Å². The number of ether oxygens (including phenoxy) is 3. The zero-order valence-electron chi connectivity index (χ0n) is 12.5. The number of hydrogen-bond donors (Lipinski definition) is 0. The largest absolute Gasteiger partial charge is 0.491 e. The summed E-state index contributed by atoms with van der Waals surface area (Å²) in [6.07, 6.45) is 0.121. The van der Waals surface area contributed by atoms with Gasteiger partial charge in [-0.25, -0.2) is 0 Å². The summed E-state index contributed by atoms with van der Waals surface area (Å²) in [4.78, 5) is 0. The van der Waals surface area contributed by atoms with Gasteiger partial charge >= 0.3 is 0 Å². The average Bonchev–Trinajstić information content (AvgIpc) is 2.52. The van der Waals surface area contributed by atoms with Gasteiger partial charge in [0.15, 0.2) is 23.0 Å². The maximum Gasteiger partial charge on any atom is 0.177 e. The Bertz CT molecular complexity index is 852. The maximum absolute atomic E-state index is 6.11. The molecule has 0 saturated carbocycles. The molecule has 0 unspecified atom stereocenters. The van der Waals surface area contributed by atoms with Gasteiger partial charge in [-0.2, -0.15) is 0 Å². The van der Waals surface area contributed by atoms with E-state index in [0.29, 0.717) is 11.5 Å². The fraction of sp³-hybridized carbons (Fsp3) is 0.158. The zero-order valence-corrected chi connectivity index (χ0v) is 12.5. The van der Waals surface area contributed by atoms with Crippen molar-refractivity contribution in [3.05, 3.63) is 54.6 Å². The summed E-state index contributed by atoms with van der Waals surface area (Å²) < 4.78 is 17.8. The van der Waals surface area contributed by atoms with Crippen molar-refractivity contribution in [1.29, 1.82) is 0 Å². The van der Waals surface area contributed by atoms with Crippen LogP contribution in [0.5, 0.6) is 28.7 Å². The minimum absolute atomic E-state index is 0.121. The molecule has 110 valence electrons. The predicted octanol–water partition coefficient (Wildman–Crippen LogP) is 5.53. The van der Waals surface area contributed by atoms with E-state index in [1.54, 1.807) is 0 Å². The summed E-state index contributed by atoms with van der Waals surface area (Å²) in [6.45, 7) is 4.00. The maximum atomic E-state index is 6.11. The van der Waals surface area contributed by atoms with Crippen molar-refractivity contribution in [2.75, 3.05) is 0 Å². The van der Waals surface area contributed by atoms with Crippen LogP contribution in [0.2, 0.25) is 0 Å². The Morgan fingerprint density at radius 2 is 1.64 bits per heavy atom. The van der Waals surface area contributed by atoms with E-state index in [0.717, 1.165) is 28.0 Å². The Balaban J connectivity index is 1.79. The highest BCUT2D eigenvalue weighted by Gasteiger charge is 2.21. The molecule has 3 nitrogen and oxygen atoms in total. The van der Waals surface area contributed by atoms with Crippen LogP contribution in [-0.2, 0) is 0 Å². The molecule has 0 N–H and O–H groups in total. The van der Waals surface area contributed by atoms with Crippen LogP contribution in [0.25, 0.3) is 10.8 Å². The Hall–Kier alpha value is -2.68. The van der Waals surface area contributed by atoms with Crippen molar-refractivity contribution in [3.8, 4) is 28.7 Å². The molecule has 0 aliphatic carbocycles. The average molecular weight is 292 g/mol. The first-order chi connectivity index (χ1) is 10.7. The Kier molecular flexibility index (Phi) is 2.93. The molecule has 0 amide bonds. The summed E-state index contributed by atoms with van der Waals surface area (Å²) in [5.74, 6) is 3.66. The van der Waals surface area contributed by atoms with Crippen LogP contribution in [0.1, 0.15) is 13.8 Å². The van der Waals surface area contributed by atoms with E-state index in [1.807, 2.05) is 62.4 Å². The van der Waals surface area contributed by atoms with E-state index in [9.17, 15) is 0 Å². The smallest absolute Gasteiger partial charge is 0.177 e. The lowest BCUT2D eigenvalue weighted by molar-refractivity contribution is 0.240. The van der Waals surface area contributed by atoms with Crippen LogP contribution >= 0.6 is 0 Å². The first-order valence-electron chi connectivity index (χ1n) is 7.39. The van der Waals surface area contributed by atoms with Gasteiger partial charge in [-0.05, 0) is 37.4 Å². The van der Waals surface area contributed by atoms with Gasteiger partial charge in [0, 0.05) is 11.5 Å². The summed E-state index contributed by atoms with van der Waals surface area (Å²) in [5, 5.41) is 2.17. The standard InChI is InChI=1S/C19H16O3/c1-12(2)20-14-8-10-16-18(11-14)22-19-15-6-4-3-5-13(15)7-9-17(19)21-16/h3-12H,1-2H3. The molecule has 0 aromatic heterocycles. The van der Waals surface area contributed by atoms with Gasteiger partial charge in [-0.1, -0.05) is 30.3 Å². The number of rotatable bonds is 2. The molecule has 4 rings (SSSR count). The Morgan fingerprint density at radius 1 is 0.818 bits per heavy atom. The highest BCUT2D eigenvalue weighted by atomic mass is 16.6. The highest BCUT2D eigenvalue weighted by Crippen LogP contribution is 2.49. The molecule has 0 saturated heterocycles. The second-order valence-corrected chi connectivity index (χ2v) is 5.59. The molecule has 22 heavy (non-hydrogen) atoms. The van der Waals surface area contributed by atoms with E-state index in [1.165, 1.54) is 0 Å². The van der Waals surface area contributed by atoms with E-state index >= 15 is 0 Å². The van der Waals surface area contributed by atoms with Gasteiger partial charge in [0.2, 0.25) is 0 Å². The molecule has 1 aliphatic heterocycles. The summed E-state index contributed by atoms with van der Waals surface area (Å²) in [7, 11) is 0. The van der Waals surface area contributed by atoms with E-state index in [2.05, 4.69) is 6.07 Å². The van der Waals surface area contributed by atoms with Crippen molar-refractivity contribution in [2.24, 2.45) is 0 Å². The van der Waals surface area contributed by atoms with Crippen LogP contribution in [0, 0.1) is 0 Å². The molecule has 3 heteroatoms. The van der Waals surface area contributed by atoms with Crippen LogP contribution in [-0.4, -0.2) is 6.10 Å². The van der Waals surface area contributed by atoms with Gasteiger partial charge in [0.1, 0.15) is 5.75 Å². The lowest BCUT2D eigenvalue weighted by Crippen LogP contribution is -2.06. The minimum atomic E-state index is 0.121. The van der Waals surface area contributed by atoms with Gasteiger partial charge in [0.05, 0.1) is 6.10 Å². The van der Waals surface area contributed by atoms with Crippen LogP contribution in [0.15, 0.2) is 54.6 Å². The molecule has 0 atom stereocenters. The van der Waals surface area contributed by atoms with Crippen molar-refractivity contribution in [3.63, 3.8) is 0 Å². The minimum Gasteiger partial charge on any atom is -0.491 e. The van der Waals surface area contributed by atoms with E-state index in [4.69, 9.17) is 14.2 Å². The third-order valence-corrected chi connectivity index (χ3v) is 3.56. The fourth-order valence-electron chi connectivity index (χ4n) is 2.64. The fourth-order valence-corrected chi connectivity index (χ4v) is 2.64. The SMILES string of the molecule is CC(C)Oc1ccc2c(c1)Oc1c(ccc3ccccc13)O2. The molecule has 1 heterocycles. The normalized spacial score (nSPS) is 12.3.